The van der Waals surface area contributed by atoms with Crippen molar-refractivity contribution in [2.45, 2.75) is 38.6 Å². The molecule has 1 atom stereocenters. The van der Waals surface area contributed by atoms with E-state index >= 15 is 0 Å². The largest absolute Gasteiger partial charge is 0.573 e. The number of anilines is 1. The van der Waals surface area contributed by atoms with Crippen LogP contribution >= 0.6 is 0 Å². The van der Waals surface area contributed by atoms with E-state index in [4.69, 9.17) is 5.73 Å². The molecular weight excluding hydrogens is 450 g/mol. The highest BCUT2D eigenvalue weighted by Crippen LogP contribution is 2.22. The van der Waals surface area contributed by atoms with Gasteiger partial charge in [-0.25, -0.2) is 13.9 Å². The minimum absolute atomic E-state index is 0.0183. The van der Waals surface area contributed by atoms with Crippen LogP contribution in [0.15, 0.2) is 35.4 Å². The molecule has 1 aromatic carbocycles. The van der Waals surface area contributed by atoms with E-state index in [1.54, 1.807) is 0 Å². The standard InChI is InChI=1S/C19H17F4N7O3/c20-13(4-6-29-7-5-16(24)26-18(29)32)10-30-11-15(27-28-30)17(31)25-9-12-2-1-3-14(8-12)33-19(21,22)23/h3,5,7-8,11,13H,4,6,9-10H2,(H,25,31)(H2,24,26,32). The van der Waals surface area contributed by atoms with E-state index in [1.807, 2.05) is 0 Å². The van der Waals surface area contributed by atoms with Gasteiger partial charge in [0.1, 0.15) is 17.7 Å². The quantitative estimate of drug-likeness (QED) is 0.454. The van der Waals surface area contributed by atoms with Gasteiger partial charge in [-0.1, -0.05) is 17.3 Å². The molecule has 3 N–H and O–H groups in total. The average Bonchev–Trinajstić information content (AvgIpc) is 3.19. The topological polar surface area (TPSA) is 130 Å². The van der Waals surface area contributed by atoms with Gasteiger partial charge in [-0.3, -0.25) is 9.36 Å². The predicted molar refractivity (Wildman–Crippen MR) is 104 cm³/mol. The maximum absolute atomic E-state index is 14.3. The van der Waals surface area contributed by atoms with Crippen molar-refractivity contribution in [2.24, 2.45) is 0 Å². The molecule has 0 bridgehead atoms. The van der Waals surface area contributed by atoms with Crippen LogP contribution in [0.25, 0.3) is 0 Å². The molecular formula is C19H17F4N7O3. The number of aryl methyl sites for hydroxylation is 1. The number of nitrogens with two attached hydrogens (primary N) is 1. The number of nitrogen functional groups attached to an aromatic ring is 1. The lowest BCUT2D eigenvalue weighted by atomic mass is 10.2. The molecule has 0 saturated carbocycles. The van der Waals surface area contributed by atoms with E-state index < -0.39 is 29.9 Å². The van der Waals surface area contributed by atoms with Crippen molar-refractivity contribution in [3.8, 4) is 5.75 Å². The van der Waals surface area contributed by atoms with E-state index in [0.29, 0.717) is 0 Å². The van der Waals surface area contributed by atoms with Gasteiger partial charge in [0.2, 0.25) is 0 Å². The number of ether oxygens (including phenoxy) is 1. The Morgan fingerprint density at radius 1 is 1.36 bits per heavy atom. The molecule has 2 aromatic heterocycles. The number of nitrogens with one attached hydrogen (secondary N) is 1. The summed E-state index contributed by atoms with van der Waals surface area (Å²) in [7, 11) is 0. The van der Waals surface area contributed by atoms with Crippen LogP contribution in [-0.4, -0.2) is 43.0 Å². The third-order valence-corrected chi connectivity index (χ3v) is 4.17. The Bertz CT molecular complexity index is 1160. The van der Waals surface area contributed by atoms with Crippen molar-refractivity contribution in [3.63, 3.8) is 0 Å². The predicted octanol–water partition coefficient (Wildman–Crippen LogP) is 1.27. The van der Waals surface area contributed by atoms with Crippen LogP contribution in [0.2, 0.25) is 0 Å². The van der Waals surface area contributed by atoms with Crippen LogP contribution < -0.4 is 21.5 Å². The highest BCUT2D eigenvalue weighted by Gasteiger charge is 2.31. The lowest BCUT2D eigenvalue weighted by molar-refractivity contribution is -0.274. The number of hydrogen-bond donors (Lipinski definition) is 2. The zero-order valence-corrected chi connectivity index (χ0v) is 16.8. The van der Waals surface area contributed by atoms with Crippen molar-refractivity contribution in [1.29, 1.82) is 0 Å². The van der Waals surface area contributed by atoms with Gasteiger partial charge in [0.15, 0.2) is 5.69 Å². The van der Waals surface area contributed by atoms with Crippen molar-refractivity contribution in [1.82, 2.24) is 29.9 Å². The van der Waals surface area contributed by atoms with Gasteiger partial charge < -0.3 is 15.8 Å². The summed E-state index contributed by atoms with van der Waals surface area (Å²) in [4.78, 5) is 27.4. The van der Waals surface area contributed by atoms with Crippen LogP contribution in [0.3, 0.4) is 0 Å². The second-order valence-corrected chi connectivity index (χ2v) is 6.76. The Labute approximate surface area is 184 Å². The number of amides is 1. The summed E-state index contributed by atoms with van der Waals surface area (Å²) < 4.78 is 57.2. The van der Waals surface area contributed by atoms with Gasteiger partial charge in [-0.15, -0.1) is 18.3 Å². The Kier molecular flexibility index (Phi) is 7.11. The van der Waals surface area contributed by atoms with E-state index in [-0.39, 0.29) is 43.1 Å². The number of aromatic nitrogens is 5. The summed E-state index contributed by atoms with van der Waals surface area (Å²) in [5.74, 6) is -1.10. The third kappa shape index (κ3) is 7.20. The van der Waals surface area contributed by atoms with Crippen LogP contribution in [0, 0.1) is 12.1 Å². The van der Waals surface area contributed by atoms with E-state index in [2.05, 4.69) is 37.5 Å². The number of carbonyl (C=O) groups excluding carboxylic acids is 1. The van der Waals surface area contributed by atoms with Crippen LogP contribution in [0.1, 0.15) is 22.5 Å². The van der Waals surface area contributed by atoms with Gasteiger partial charge >= 0.3 is 12.1 Å². The van der Waals surface area contributed by atoms with E-state index in [1.165, 1.54) is 23.0 Å². The minimum Gasteiger partial charge on any atom is -0.405 e. The van der Waals surface area contributed by atoms with Gasteiger partial charge in [0.05, 0.1) is 19.3 Å². The molecule has 174 valence electrons. The molecule has 0 saturated heterocycles. The van der Waals surface area contributed by atoms with E-state index in [9.17, 15) is 27.2 Å². The summed E-state index contributed by atoms with van der Waals surface area (Å²) in [5.41, 5.74) is 4.88. The van der Waals surface area contributed by atoms with E-state index in [0.717, 1.165) is 16.8 Å². The van der Waals surface area contributed by atoms with Crippen molar-refractivity contribution in [2.75, 3.05) is 5.73 Å². The summed E-state index contributed by atoms with van der Waals surface area (Å²) in [6.07, 6.45) is -3.64. The molecule has 0 aliphatic rings. The van der Waals surface area contributed by atoms with Gasteiger partial charge in [-0.2, -0.15) is 4.98 Å². The average molecular weight is 467 g/mol. The monoisotopic (exact) mass is 467 g/mol. The fourth-order valence-corrected chi connectivity index (χ4v) is 2.68. The van der Waals surface area contributed by atoms with Crippen molar-refractivity contribution in [3.05, 3.63) is 64.5 Å². The molecule has 3 rings (SSSR count). The smallest absolute Gasteiger partial charge is 0.405 e. The third-order valence-electron chi connectivity index (χ3n) is 4.17. The Morgan fingerprint density at radius 2 is 2.15 bits per heavy atom. The first-order valence-electron chi connectivity index (χ1n) is 9.42. The number of hydrogen-bond acceptors (Lipinski definition) is 7. The maximum atomic E-state index is 14.3. The zero-order chi connectivity index (χ0) is 24.0. The normalized spacial score (nSPS) is 12.1. The second-order valence-electron chi connectivity index (χ2n) is 6.76. The molecule has 2 heterocycles. The summed E-state index contributed by atoms with van der Waals surface area (Å²) in [6, 6.07) is 8.35. The Morgan fingerprint density at radius 3 is 2.88 bits per heavy atom. The minimum atomic E-state index is -4.86. The number of nitrogens with zero attached hydrogens (tertiary/aromatic N) is 5. The number of halogens is 4. The molecule has 3 aromatic rings. The second kappa shape index (κ2) is 9.98. The number of carbonyl (C=O) groups is 1. The Balaban J connectivity index is 1.49. The van der Waals surface area contributed by atoms with Crippen LogP contribution in [0.4, 0.5) is 23.4 Å². The Hall–Kier alpha value is -4.15. The highest BCUT2D eigenvalue weighted by atomic mass is 19.4. The molecule has 1 amide bonds. The molecule has 14 heteroatoms. The van der Waals surface area contributed by atoms with Crippen molar-refractivity contribution >= 4 is 11.7 Å². The molecule has 10 nitrogen and oxygen atoms in total. The first-order chi connectivity index (χ1) is 15.6. The fourth-order valence-electron chi connectivity index (χ4n) is 2.68. The van der Waals surface area contributed by atoms with Crippen molar-refractivity contribution < 1.29 is 27.1 Å². The summed E-state index contributed by atoms with van der Waals surface area (Å²) in [6.45, 7) is -0.315. The maximum Gasteiger partial charge on any atom is 0.573 e. The first kappa shape index (κ1) is 23.5. The highest BCUT2D eigenvalue weighted by molar-refractivity contribution is 5.91. The van der Waals surface area contributed by atoms with Crippen LogP contribution in [0.5, 0.6) is 5.75 Å². The lowest BCUT2D eigenvalue weighted by Crippen LogP contribution is -2.25. The number of alkyl halides is 4. The van der Waals surface area contributed by atoms with Crippen LogP contribution in [-0.2, 0) is 19.6 Å². The molecule has 33 heavy (non-hydrogen) atoms. The molecule has 1 unspecified atom stereocenters. The number of rotatable bonds is 9. The SMILES string of the molecule is Nc1ccn(CCC(F)Cn2cc(C(=O)NCc3c#ccc(OC(F)(F)F)c3)nn2)c(=O)n1. The van der Waals surface area contributed by atoms with Gasteiger partial charge in [0, 0.05) is 24.4 Å². The zero-order valence-electron chi connectivity index (χ0n) is 16.8. The van der Waals surface area contributed by atoms with Gasteiger partial charge in [-0.05, 0) is 18.6 Å². The fraction of sp³-hybridized carbons (Fsp3) is 0.316. The molecule has 0 spiro atoms. The lowest BCUT2D eigenvalue weighted by Gasteiger charge is -2.09. The molecule has 0 radical (unpaired) electrons. The summed E-state index contributed by atoms with van der Waals surface area (Å²) in [5, 5.41) is 9.77. The summed E-state index contributed by atoms with van der Waals surface area (Å²) >= 11 is 0. The molecule has 0 fully saturated rings. The molecule has 0 aliphatic heterocycles. The molecule has 0 aliphatic carbocycles. The first-order valence-corrected chi connectivity index (χ1v) is 9.42. The van der Waals surface area contributed by atoms with Gasteiger partial charge in [0.25, 0.3) is 5.91 Å².